The molecule has 0 radical (unpaired) electrons. The van der Waals surface area contributed by atoms with Crippen molar-refractivity contribution in [2.45, 2.75) is 6.42 Å². The Hall–Kier alpha value is -2.41. The smallest absolute Gasteiger partial charge is 0.271 e. The molecule has 2 amide bonds. The summed E-state index contributed by atoms with van der Waals surface area (Å²) < 4.78 is 0.800. The van der Waals surface area contributed by atoms with Crippen LogP contribution < -0.4 is 15.8 Å². The van der Waals surface area contributed by atoms with Gasteiger partial charge in [-0.1, -0.05) is 12.1 Å². The van der Waals surface area contributed by atoms with Crippen molar-refractivity contribution in [3.63, 3.8) is 0 Å². The van der Waals surface area contributed by atoms with Crippen LogP contribution in [0.2, 0.25) is 0 Å². The van der Waals surface area contributed by atoms with Crippen molar-refractivity contribution >= 4 is 39.1 Å². The zero-order valence-corrected chi connectivity index (χ0v) is 13.7. The van der Waals surface area contributed by atoms with Crippen LogP contribution in [0.4, 0.5) is 11.4 Å². The number of aromatic amines is 1. The van der Waals surface area contributed by atoms with E-state index < -0.39 is 5.92 Å². The molecule has 23 heavy (non-hydrogen) atoms. The third kappa shape index (κ3) is 3.19. The lowest BCUT2D eigenvalue weighted by molar-refractivity contribution is -0.122. The number of H-pyrrole nitrogens is 1. The zero-order valence-electron chi connectivity index (χ0n) is 12.1. The van der Waals surface area contributed by atoms with E-state index in [1.165, 1.54) is 12.3 Å². The number of hydrogen-bond donors (Lipinski definition) is 2. The number of pyridine rings is 1. The molecule has 0 aliphatic carbocycles. The summed E-state index contributed by atoms with van der Waals surface area (Å²) in [5, 5.41) is 2.59. The largest absolute Gasteiger partial charge is 0.327 e. The summed E-state index contributed by atoms with van der Waals surface area (Å²) in [5.41, 5.74) is 0.558. The van der Waals surface area contributed by atoms with Crippen molar-refractivity contribution in [2.24, 2.45) is 5.92 Å². The van der Waals surface area contributed by atoms with Crippen molar-refractivity contribution in [2.75, 3.05) is 16.8 Å². The summed E-state index contributed by atoms with van der Waals surface area (Å²) in [7, 11) is 0. The SMILES string of the molecule is O=C(Nc1ccc[nH]c1=O)[C@@H]1CC(=O)N(c2ccccc2Br)C1. The molecule has 1 aliphatic rings. The van der Waals surface area contributed by atoms with Crippen LogP contribution in [0.1, 0.15) is 6.42 Å². The van der Waals surface area contributed by atoms with Crippen LogP contribution in [0.3, 0.4) is 0 Å². The van der Waals surface area contributed by atoms with Gasteiger partial charge in [0.05, 0.1) is 11.6 Å². The molecular formula is C16H14BrN3O3. The minimum absolute atomic E-state index is 0.112. The topological polar surface area (TPSA) is 82.3 Å². The van der Waals surface area contributed by atoms with Crippen LogP contribution in [0, 0.1) is 5.92 Å². The van der Waals surface area contributed by atoms with Crippen molar-refractivity contribution in [1.29, 1.82) is 0 Å². The number of para-hydroxylation sites is 1. The maximum Gasteiger partial charge on any atom is 0.271 e. The normalized spacial score (nSPS) is 17.3. The number of halogens is 1. The first-order valence-corrected chi connectivity index (χ1v) is 7.89. The Morgan fingerprint density at radius 3 is 2.74 bits per heavy atom. The molecule has 1 aliphatic heterocycles. The second-order valence-corrected chi connectivity index (χ2v) is 6.11. The monoisotopic (exact) mass is 375 g/mol. The molecule has 2 heterocycles. The van der Waals surface area contributed by atoms with Gasteiger partial charge in [0.2, 0.25) is 11.8 Å². The summed E-state index contributed by atoms with van der Waals surface area (Å²) in [6.07, 6.45) is 1.61. The maximum atomic E-state index is 12.3. The number of carbonyl (C=O) groups is 2. The molecule has 2 N–H and O–H groups in total. The molecule has 1 atom stereocenters. The molecule has 1 fully saturated rings. The molecule has 0 bridgehead atoms. The predicted molar refractivity (Wildman–Crippen MR) is 90.3 cm³/mol. The molecule has 118 valence electrons. The van der Waals surface area contributed by atoms with Gasteiger partial charge in [0, 0.05) is 23.6 Å². The number of anilines is 2. The fourth-order valence-corrected chi connectivity index (χ4v) is 3.04. The molecule has 1 saturated heterocycles. The quantitative estimate of drug-likeness (QED) is 0.861. The van der Waals surface area contributed by atoms with Gasteiger partial charge in [-0.2, -0.15) is 0 Å². The van der Waals surface area contributed by atoms with E-state index in [2.05, 4.69) is 26.2 Å². The van der Waals surface area contributed by atoms with Gasteiger partial charge in [-0.05, 0) is 40.2 Å². The third-order valence-electron chi connectivity index (χ3n) is 3.72. The van der Waals surface area contributed by atoms with Crippen molar-refractivity contribution in [1.82, 2.24) is 4.98 Å². The van der Waals surface area contributed by atoms with Gasteiger partial charge < -0.3 is 15.2 Å². The van der Waals surface area contributed by atoms with Gasteiger partial charge in [0.1, 0.15) is 5.69 Å². The van der Waals surface area contributed by atoms with E-state index in [1.807, 2.05) is 24.3 Å². The van der Waals surface area contributed by atoms with E-state index in [-0.39, 0.29) is 36.0 Å². The van der Waals surface area contributed by atoms with E-state index in [0.29, 0.717) is 0 Å². The summed E-state index contributed by atoms with van der Waals surface area (Å²) in [5.74, 6) is -0.933. The lowest BCUT2D eigenvalue weighted by atomic mass is 10.1. The first-order valence-electron chi connectivity index (χ1n) is 7.09. The third-order valence-corrected chi connectivity index (χ3v) is 4.39. The fraction of sp³-hybridized carbons (Fsp3) is 0.188. The number of amides is 2. The fourth-order valence-electron chi connectivity index (χ4n) is 2.54. The number of hydrogen-bond acceptors (Lipinski definition) is 3. The van der Waals surface area contributed by atoms with Crippen LogP contribution >= 0.6 is 15.9 Å². The summed E-state index contributed by atoms with van der Waals surface area (Å²) in [6, 6.07) is 10.5. The highest BCUT2D eigenvalue weighted by atomic mass is 79.9. The van der Waals surface area contributed by atoms with E-state index in [1.54, 1.807) is 11.0 Å². The number of nitrogens with one attached hydrogen (secondary N) is 2. The van der Waals surface area contributed by atoms with E-state index >= 15 is 0 Å². The van der Waals surface area contributed by atoms with Crippen LogP contribution in [-0.2, 0) is 9.59 Å². The number of carbonyl (C=O) groups excluding carboxylic acids is 2. The Morgan fingerprint density at radius 2 is 2.00 bits per heavy atom. The highest BCUT2D eigenvalue weighted by molar-refractivity contribution is 9.10. The molecule has 0 spiro atoms. The van der Waals surface area contributed by atoms with Gasteiger partial charge in [-0.15, -0.1) is 0 Å². The van der Waals surface area contributed by atoms with Crippen molar-refractivity contribution in [3.8, 4) is 0 Å². The Bertz CT molecular complexity index is 818. The van der Waals surface area contributed by atoms with Gasteiger partial charge >= 0.3 is 0 Å². The van der Waals surface area contributed by atoms with E-state index in [0.717, 1.165) is 10.2 Å². The lowest BCUT2D eigenvalue weighted by Crippen LogP contribution is -2.29. The number of benzene rings is 1. The molecule has 1 aromatic heterocycles. The Morgan fingerprint density at radius 1 is 1.22 bits per heavy atom. The van der Waals surface area contributed by atoms with E-state index in [4.69, 9.17) is 0 Å². The van der Waals surface area contributed by atoms with Crippen LogP contribution in [0.15, 0.2) is 51.9 Å². The van der Waals surface area contributed by atoms with Crippen LogP contribution in [0.25, 0.3) is 0 Å². The second-order valence-electron chi connectivity index (χ2n) is 5.26. The van der Waals surface area contributed by atoms with Crippen molar-refractivity contribution in [3.05, 3.63) is 57.4 Å². The number of nitrogens with zero attached hydrogens (tertiary/aromatic N) is 1. The second kappa shape index (κ2) is 6.37. The summed E-state index contributed by atoms with van der Waals surface area (Å²) >= 11 is 3.41. The van der Waals surface area contributed by atoms with Gasteiger partial charge in [0.15, 0.2) is 0 Å². The Kier molecular flexibility index (Phi) is 4.29. The average molecular weight is 376 g/mol. The molecule has 1 aromatic carbocycles. The average Bonchev–Trinajstić information content (AvgIpc) is 2.92. The number of rotatable bonds is 3. The molecule has 2 aromatic rings. The van der Waals surface area contributed by atoms with Gasteiger partial charge in [0.25, 0.3) is 5.56 Å². The van der Waals surface area contributed by atoms with Gasteiger partial charge in [-0.3, -0.25) is 14.4 Å². The Labute approximate surface area is 140 Å². The molecule has 6 nitrogen and oxygen atoms in total. The van der Waals surface area contributed by atoms with Crippen molar-refractivity contribution < 1.29 is 9.59 Å². The zero-order chi connectivity index (χ0) is 16.4. The Balaban J connectivity index is 1.75. The highest BCUT2D eigenvalue weighted by Gasteiger charge is 2.35. The lowest BCUT2D eigenvalue weighted by Gasteiger charge is -2.18. The molecular weight excluding hydrogens is 362 g/mol. The minimum Gasteiger partial charge on any atom is -0.327 e. The highest BCUT2D eigenvalue weighted by Crippen LogP contribution is 2.31. The molecule has 3 rings (SSSR count). The van der Waals surface area contributed by atoms with E-state index in [9.17, 15) is 14.4 Å². The molecule has 0 unspecified atom stereocenters. The molecule has 7 heteroatoms. The van der Waals surface area contributed by atoms with Gasteiger partial charge in [-0.25, -0.2) is 0 Å². The minimum atomic E-state index is -0.491. The standard InChI is InChI=1S/C16H14BrN3O3/c17-11-4-1-2-6-13(11)20-9-10(8-14(20)21)15(22)19-12-5-3-7-18-16(12)23/h1-7,10H,8-9H2,(H,18,23)(H,19,22)/t10-/m1/s1. The first-order chi connectivity index (χ1) is 11.1. The predicted octanol–water partition coefficient (Wildman–Crippen LogP) is 2.13. The maximum absolute atomic E-state index is 12.3. The van der Waals surface area contributed by atoms with Crippen LogP contribution in [-0.4, -0.2) is 23.3 Å². The first kappa shape index (κ1) is 15.5. The molecule has 0 saturated carbocycles. The summed E-state index contributed by atoms with van der Waals surface area (Å²) in [6.45, 7) is 0.290. The number of aromatic nitrogens is 1. The summed E-state index contributed by atoms with van der Waals surface area (Å²) in [4.78, 5) is 40.2. The van der Waals surface area contributed by atoms with Crippen LogP contribution in [0.5, 0.6) is 0 Å².